The third-order valence-electron chi connectivity index (χ3n) is 3.23. The molecule has 0 bridgehead atoms. The summed E-state index contributed by atoms with van der Waals surface area (Å²) < 4.78 is 22.9. The Bertz CT molecular complexity index is 643. The van der Waals surface area contributed by atoms with Crippen LogP contribution in [-0.2, 0) is 11.0 Å². The molecule has 0 saturated heterocycles. The van der Waals surface area contributed by atoms with Gasteiger partial charge in [0.05, 0.1) is 14.2 Å². The van der Waals surface area contributed by atoms with Crippen LogP contribution in [0.25, 0.3) is 0 Å². The molecule has 21 heavy (non-hydrogen) atoms. The Hall–Kier alpha value is -2.06. The SMILES string of the molecule is COc1ccc(OC)c(CC[P+](=O)c2cccc(N)c2)c1. The molecule has 110 valence electrons. The number of nitrogen functional groups attached to an aromatic ring is 1. The van der Waals surface area contributed by atoms with Crippen molar-refractivity contribution in [2.45, 2.75) is 6.42 Å². The first-order chi connectivity index (χ1) is 10.1. The monoisotopic (exact) mass is 304 g/mol. The number of anilines is 1. The van der Waals surface area contributed by atoms with Gasteiger partial charge >= 0.3 is 7.80 Å². The second-order valence-electron chi connectivity index (χ2n) is 4.62. The van der Waals surface area contributed by atoms with Gasteiger partial charge in [0, 0.05) is 23.7 Å². The van der Waals surface area contributed by atoms with E-state index in [4.69, 9.17) is 15.2 Å². The number of rotatable bonds is 6. The normalized spacial score (nSPS) is 11.0. The van der Waals surface area contributed by atoms with Gasteiger partial charge in [-0.15, -0.1) is 0 Å². The Balaban J connectivity index is 2.10. The molecule has 0 radical (unpaired) electrons. The van der Waals surface area contributed by atoms with Crippen LogP contribution in [0.3, 0.4) is 0 Å². The maximum absolute atomic E-state index is 12.3. The molecule has 2 aromatic carbocycles. The van der Waals surface area contributed by atoms with E-state index in [1.165, 1.54) is 0 Å². The fourth-order valence-electron chi connectivity index (χ4n) is 2.11. The van der Waals surface area contributed by atoms with E-state index in [0.717, 1.165) is 22.4 Å². The summed E-state index contributed by atoms with van der Waals surface area (Å²) in [5.41, 5.74) is 7.35. The van der Waals surface area contributed by atoms with E-state index in [-0.39, 0.29) is 0 Å². The highest BCUT2D eigenvalue weighted by Crippen LogP contribution is 2.28. The molecule has 0 amide bonds. The zero-order chi connectivity index (χ0) is 15.2. The molecule has 0 aliphatic carbocycles. The predicted octanol–water partition coefficient (Wildman–Crippen LogP) is 2.98. The quantitative estimate of drug-likeness (QED) is 0.658. The van der Waals surface area contributed by atoms with Gasteiger partial charge in [0.1, 0.15) is 11.5 Å². The molecule has 1 unspecified atom stereocenters. The number of methoxy groups -OCH3 is 2. The number of nitrogens with two attached hydrogens (primary N) is 1. The second-order valence-corrected chi connectivity index (χ2v) is 6.35. The molecular weight excluding hydrogens is 285 g/mol. The fraction of sp³-hybridized carbons (Fsp3) is 0.250. The minimum absolute atomic E-state index is 0.544. The van der Waals surface area contributed by atoms with Gasteiger partial charge < -0.3 is 15.2 Å². The zero-order valence-corrected chi connectivity index (χ0v) is 13.1. The molecule has 0 saturated carbocycles. The van der Waals surface area contributed by atoms with E-state index in [2.05, 4.69) is 0 Å². The first kappa shape index (κ1) is 15.3. The molecule has 2 N–H and O–H groups in total. The molecule has 1 atom stereocenters. The molecule has 0 aliphatic rings. The van der Waals surface area contributed by atoms with E-state index in [9.17, 15) is 4.57 Å². The molecule has 0 aromatic heterocycles. The van der Waals surface area contributed by atoms with Crippen molar-refractivity contribution in [1.82, 2.24) is 0 Å². The zero-order valence-electron chi connectivity index (χ0n) is 12.2. The number of benzene rings is 2. The molecular formula is C16H19NO3P+. The lowest BCUT2D eigenvalue weighted by molar-refractivity contribution is 0.399. The van der Waals surface area contributed by atoms with Gasteiger partial charge in [0.15, 0.2) is 11.5 Å². The van der Waals surface area contributed by atoms with E-state index in [0.29, 0.717) is 18.3 Å². The highest BCUT2D eigenvalue weighted by Gasteiger charge is 2.20. The van der Waals surface area contributed by atoms with Crippen LogP contribution in [0, 0.1) is 0 Å². The van der Waals surface area contributed by atoms with Crippen LogP contribution in [0.5, 0.6) is 11.5 Å². The van der Waals surface area contributed by atoms with Crippen molar-refractivity contribution in [1.29, 1.82) is 0 Å². The van der Waals surface area contributed by atoms with Crippen molar-refractivity contribution >= 4 is 18.8 Å². The Kier molecular flexibility index (Phi) is 5.18. The molecule has 0 aliphatic heterocycles. The van der Waals surface area contributed by atoms with Crippen LogP contribution in [0.1, 0.15) is 5.56 Å². The topological polar surface area (TPSA) is 61.5 Å². The van der Waals surface area contributed by atoms with Crippen LogP contribution in [0.4, 0.5) is 5.69 Å². The summed E-state index contributed by atoms with van der Waals surface area (Å²) in [5.74, 6) is 1.55. The highest BCUT2D eigenvalue weighted by atomic mass is 31.1. The van der Waals surface area contributed by atoms with Crippen LogP contribution < -0.4 is 20.5 Å². The van der Waals surface area contributed by atoms with Gasteiger partial charge in [0.2, 0.25) is 0 Å². The largest absolute Gasteiger partial charge is 0.497 e. The summed E-state index contributed by atoms with van der Waals surface area (Å²) in [5, 5.41) is 0.784. The van der Waals surface area contributed by atoms with E-state index < -0.39 is 7.80 Å². The van der Waals surface area contributed by atoms with Gasteiger partial charge in [-0.25, -0.2) is 0 Å². The lowest BCUT2D eigenvalue weighted by atomic mass is 10.1. The summed E-state index contributed by atoms with van der Waals surface area (Å²) in [7, 11) is 1.78. The number of hydrogen-bond acceptors (Lipinski definition) is 4. The number of aryl methyl sites for hydroxylation is 1. The third-order valence-corrected chi connectivity index (χ3v) is 4.71. The Morgan fingerprint density at radius 1 is 1.10 bits per heavy atom. The molecule has 0 fully saturated rings. The average molecular weight is 304 g/mol. The summed E-state index contributed by atoms with van der Waals surface area (Å²) in [6, 6.07) is 12.9. The van der Waals surface area contributed by atoms with Crippen molar-refractivity contribution in [2.75, 3.05) is 26.1 Å². The van der Waals surface area contributed by atoms with Gasteiger partial charge in [-0.1, -0.05) is 10.6 Å². The van der Waals surface area contributed by atoms with Crippen molar-refractivity contribution in [3.05, 3.63) is 48.0 Å². The number of hydrogen-bond donors (Lipinski definition) is 1. The van der Waals surface area contributed by atoms with Crippen LogP contribution >= 0.6 is 7.80 Å². The van der Waals surface area contributed by atoms with E-state index in [1.54, 1.807) is 26.4 Å². The maximum atomic E-state index is 12.3. The molecule has 0 spiro atoms. The van der Waals surface area contributed by atoms with Crippen molar-refractivity contribution in [2.24, 2.45) is 0 Å². The maximum Gasteiger partial charge on any atom is 0.377 e. The van der Waals surface area contributed by atoms with Gasteiger partial charge in [-0.05, 0) is 30.3 Å². The summed E-state index contributed by atoms with van der Waals surface area (Å²) in [6.07, 6.45) is 1.20. The lowest BCUT2D eigenvalue weighted by Gasteiger charge is -2.08. The van der Waals surface area contributed by atoms with Crippen molar-refractivity contribution in [3.8, 4) is 11.5 Å². The average Bonchev–Trinajstić information content (AvgIpc) is 2.52. The van der Waals surface area contributed by atoms with Gasteiger partial charge in [-0.3, -0.25) is 0 Å². The minimum Gasteiger partial charge on any atom is -0.497 e. The minimum atomic E-state index is -1.47. The molecule has 2 rings (SSSR count). The number of ether oxygens (including phenoxy) is 2. The summed E-state index contributed by atoms with van der Waals surface area (Å²) >= 11 is 0. The first-order valence-corrected chi connectivity index (χ1v) is 8.09. The third kappa shape index (κ3) is 3.96. The molecule has 4 nitrogen and oxygen atoms in total. The van der Waals surface area contributed by atoms with Crippen LogP contribution in [0.2, 0.25) is 0 Å². The Morgan fingerprint density at radius 2 is 1.90 bits per heavy atom. The standard InChI is InChI=1S/C16H19NO3P/c1-19-14-6-7-16(20-2)12(10-14)8-9-21(18)15-5-3-4-13(17)11-15/h3-7,10-11H,8-9,17H2,1-2H3/q+1. The Labute approximate surface area is 125 Å². The smallest absolute Gasteiger partial charge is 0.377 e. The van der Waals surface area contributed by atoms with Gasteiger partial charge in [0.25, 0.3) is 0 Å². The fourth-order valence-corrected chi connectivity index (χ4v) is 3.36. The van der Waals surface area contributed by atoms with Crippen molar-refractivity contribution < 1.29 is 14.0 Å². The molecule has 5 heteroatoms. The predicted molar refractivity (Wildman–Crippen MR) is 86.2 cm³/mol. The van der Waals surface area contributed by atoms with E-state index >= 15 is 0 Å². The highest BCUT2D eigenvalue weighted by molar-refractivity contribution is 7.53. The summed E-state index contributed by atoms with van der Waals surface area (Å²) in [4.78, 5) is 0. The van der Waals surface area contributed by atoms with Crippen LogP contribution in [-0.4, -0.2) is 20.4 Å². The molecule has 0 heterocycles. The Morgan fingerprint density at radius 3 is 2.57 bits per heavy atom. The summed E-state index contributed by atoms with van der Waals surface area (Å²) in [6.45, 7) is 0. The van der Waals surface area contributed by atoms with Gasteiger partial charge in [-0.2, -0.15) is 0 Å². The first-order valence-electron chi connectivity index (χ1n) is 6.65. The lowest BCUT2D eigenvalue weighted by Crippen LogP contribution is -2.02. The van der Waals surface area contributed by atoms with Crippen LogP contribution in [0.15, 0.2) is 42.5 Å². The van der Waals surface area contributed by atoms with E-state index in [1.807, 2.05) is 30.3 Å². The van der Waals surface area contributed by atoms with Crippen molar-refractivity contribution in [3.63, 3.8) is 0 Å². The second kappa shape index (κ2) is 7.09. The molecule has 2 aromatic rings.